The zero-order chi connectivity index (χ0) is 24.6. The average Bonchev–Trinajstić information content (AvgIpc) is 3.24. The molecule has 186 valence electrons. The maximum absolute atomic E-state index is 12.9. The van der Waals surface area contributed by atoms with Gasteiger partial charge in [0.2, 0.25) is 0 Å². The fourth-order valence-corrected chi connectivity index (χ4v) is 4.39. The molecule has 1 atom stereocenters. The Morgan fingerprint density at radius 3 is 2.71 bits per heavy atom. The van der Waals surface area contributed by atoms with Gasteiger partial charge < -0.3 is 30.8 Å². The molecule has 3 aromatic rings. The van der Waals surface area contributed by atoms with Crippen molar-refractivity contribution in [1.29, 1.82) is 0 Å². The van der Waals surface area contributed by atoms with Crippen LogP contribution in [0.1, 0.15) is 51.0 Å². The van der Waals surface area contributed by atoms with E-state index in [2.05, 4.69) is 20.6 Å². The Bertz CT molecular complexity index is 1160. The Balaban J connectivity index is 1.29. The zero-order valence-corrected chi connectivity index (χ0v) is 20.2. The van der Waals surface area contributed by atoms with E-state index < -0.39 is 0 Å². The highest BCUT2D eigenvalue weighted by Gasteiger charge is 2.26. The lowest BCUT2D eigenvalue weighted by atomic mass is 9.91. The Kier molecular flexibility index (Phi) is 8.70. The zero-order valence-electron chi connectivity index (χ0n) is 19.4. The number of halogens is 1. The van der Waals surface area contributed by atoms with Crippen LogP contribution in [0.4, 0.5) is 0 Å². The number of H-pyrrole nitrogens is 1. The summed E-state index contributed by atoms with van der Waals surface area (Å²) in [5.74, 6) is -0.558. The van der Waals surface area contributed by atoms with Crippen molar-refractivity contribution >= 4 is 34.3 Å². The summed E-state index contributed by atoms with van der Waals surface area (Å²) < 4.78 is 10.6. The van der Waals surface area contributed by atoms with E-state index in [0.717, 1.165) is 35.9 Å². The van der Waals surface area contributed by atoms with E-state index in [1.807, 2.05) is 18.2 Å². The smallest absolute Gasteiger partial charge is 0.270 e. The number of ether oxygens (including phenoxy) is 2. The van der Waals surface area contributed by atoms with Gasteiger partial charge in [0.05, 0.1) is 38.0 Å². The summed E-state index contributed by atoms with van der Waals surface area (Å²) in [6.07, 6.45) is 4.15. The van der Waals surface area contributed by atoms with Crippen molar-refractivity contribution in [3.63, 3.8) is 0 Å². The summed E-state index contributed by atoms with van der Waals surface area (Å²) >= 11 is 6.18. The third kappa shape index (κ3) is 6.37. The van der Waals surface area contributed by atoms with Crippen molar-refractivity contribution in [3.05, 3.63) is 64.1 Å². The summed E-state index contributed by atoms with van der Waals surface area (Å²) in [6.45, 7) is 2.62. The molecule has 35 heavy (non-hydrogen) atoms. The van der Waals surface area contributed by atoms with Crippen LogP contribution >= 0.6 is 11.6 Å². The molecule has 0 saturated carbocycles. The number of benzene rings is 1. The maximum Gasteiger partial charge on any atom is 0.270 e. The number of hydrogen-bond donors (Lipinski definition) is 4. The first kappa shape index (κ1) is 25.1. The van der Waals surface area contributed by atoms with Crippen LogP contribution in [0.5, 0.6) is 0 Å². The second kappa shape index (κ2) is 12.1. The van der Waals surface area contributed by atoms with Gasteiger partial charge in [-0.1, -0.05) is 11.6 Å². The van der Waals surface area contributed by atoms with Crippen LogP contribution in [0.3, 0.4) is 0 Å². The number of rotatable bonds is 11. The number of nitrogens with two attached hydrogens (primary N) is 1. The van der Waals surface area contributed by atoms with Gasteiger partial charge in [-0.25, -0.2) is 0 Å². The van der Waals surface area contributed by atoms with Crippen molar-refractivity contribution in [2.75, 3.05) is 39.5 Å². The van der Waals surface area contributed by atoms with E-state index in [1.165, 1.54) is 11.8 Å². The molecule has 0 aliphatic heterocycles. The number of aromatic amines is 1. The van der Waals surface area contributed by atoms with Gasteiger partial charge in [0, 0.05) is 40.9 Å². The lowest BCUT2D eigenvalue weighted by Crippen LogP contribution is -2.32. The topological polar surface area (TPSA) is 131 Å². The fraction of sp³-hybridized carbons (Fsp3) is 0.400. The minimum Gasteiger partial charge on any atom is -0.378 e. The minimum absolute atomic E-state index is 0.136. The van der Waals surface area contributed by atoms with Crippen molar-refractivity contribution in [2.24, 2.45) is 5.73 Å². The highest BCUT2D eigenvalue weighted by molar-refractivity contribution is 6.31. The number of carbonyl (C=O) groups excluding carboxylic acids is 2. The monoisotopic (exact) mass is 499 g/mol. The molecule has 1 aliphatic rings. The quantitative estimate of drug-likeness (QED) is 0.300. The molecule has 1 aromatic carbocycles. The second-order valence-corrected chi connectivity index (χ2v) is 8.76. The predicted octanol–water partition coefficient (Wildman–Crippen LogP) is 2.75. The van der Waals surface area contributed by atoms with Gasteiger partial charge in [-0.15, -0.1) is 0 Å². The van der Waals surface area contributed by atoms with E-state index in [1.54, 1.807) is 12.1 Å². The van der Waals surface area contributed by atoms with E-state index in [9.17, 15) is 9.59 Å². The lowest BCUT2D eigenvalue weighted by Gasteiger charge is -2.23. The van der Waals surface area contributed by atoms with Crippen LogP contribution in [-0.2, 0) is 15.9 Å². The van der Waals surface area contributed by atoms with Crippen molar-refractivity contribution in [1.82, 2.24) is 20.6 Å². The van der Waals surface area contributed by atoms with Gasteiger partial charge >= 0.3 is 0 Å². The number of amides is 2. The van der Waals surface area contributed by atoms with Gasteiger partial charge in [-0.05, 0) is 55.2 Å². The van der Waals surface area contributed by atoms with Gasteiger partial charge in [0.15, 0.2) is 0 Å². The SMILES string of the molecule is NCCOCCOCCNC(=O)c1ccc(C(=O)NC2CCCc3c2[nH]c2ccc(Cl)cc32)nc1. The average molecular weight is 500 g/mol. The van der Waals surface area contributed by atoms with Gasteiger partial charge in [-0.3, -0.25) is 14.6 Å². The summed E-state index contributed by atoms with van der Waals surface area (Å²) in [6, 6.07) is 8.80. The fourth-order valence-electron chi connectivity index (χ4n) is 4.22. The Morgan fingerprint density at radius 1 is 1.11 bits per heavy atom. The van der Waals surface area contributed by atoms with E-state index in [-0.39, 0.29) is 23.6 Å². The van der Waals surface area contributed by atoms with Crippen LogP contribution in [0, 0.1) is 0 Å². The molecule has 2 aromatic heterocycles. The summed E-state index contributed by atoms with van der Waals surface area (Å²) in [5.41, 5.74) is 9.20. The van der Waals surface area contributed by atoms with E-state index >= 15 is 0 Å². The normalized spacial score (nSPS) is 15.1. The van der Waals surface area contributed by atoms with Crippen molar-refractivity contribution < 1.29 is 19.1 Å². The van der Waals surface area contributed by atoms with Gasteiger partial charge in [0.25, 0.3) is 11.8 Å². The molecule has 1 unspecified atom stereocenters. The van der Waals surface area contributed by atoms with E-state index in [4.69, 9.17) is 26.8 Å². The first-order chi connectivity index (χ1) is 17.1. The van der Waals surface area contributed by atoms with Crippen LogP contribution in [0.15, 0.2) is 36.5 Å². The molecule has 0 radical (unpaired) electrons. The molecule has 10 heteroatoms. The number of nitrogens with one attached hydrogen (secondary N) is 3. The lowest BCUT2D eigenvalue weighted by molar-refractivity contribution is 0.0511. The standard InChI is InChI=1S/C25H30ClN5O4/c26-17-5-7-20-19(14-17)18-2-1-3-21(23(18)30-20)31-25(33)22-6-4-16(15-29-22)24(32)28-9-11-35-13-12-34-10-8-27/h4-7,14-15,21,30H,1-3,8-13,27H2,(H,28,32)(H,31,33). The number of pyridine rings is 1. The Morgan fingerprint density at radius 2 is 1.94 bits per heavy atom. The molecule has 1 aliphatic carbocycles. The summed E-state index contributed by atoms with van der Waals surface area (Å²) in [5, 5.41) is 7.64. The van der Waals surface area contributed by atoms with Crippen molar-refractivity contribution in [3.8, 4) is 0 Å². The van der Waals surface area contributed by atoms with Crippen LogP contribution in [0.25, 0.3) is 10.9 Å². The molecule has 0 fully saturated rings. The molecule has 0 saturated heterocycles. The van der Waals surface area contributed by atoms with Gasteiger partial charge in [-0.2, -0.15) is 0 Å². The molecule has 4 rings (SSSR count). The molecule has 2 heterocycles. The molecule has 9 nitrogen and oxygen atoms in total. The van der Waals surface area contributed by atoms with Crippen molar-refractivity contribution in [2.45, 2.75) is 25.3 Å². The highest BCUT2D eigenvalue weighted by atomic mass is 35.5. The van der Waals surface area contributed by atoms with E-state index in [0.29, 0.717) is 50.1 Å². The Labute approximate surface area is 208 Å². The Hall–Kier alpha value is -2.98. The number of nitrogens with zero attached hydrogens (tertiary/aromatic N) is 1. The van der Waals surface area contributed by atoms with Gasteiger partial charge in [0.1, 0.15) is 5.69 Å². The third-order valence-electron chi connectivity index (χ3n) is 5.90. The first-order valence-corrected chi connectivity index (χ1v) is 12.2. The largest absolute Gasteiger partial charge is 0.378 e. The minimum atomic E-state index is -0.281. The molecule has 0 bridgehead atoms. The molecule has 0 spiro atoms. The third-order valence-corrected chi connectivity index (χ3v) is 6.13. The van der Waals surface area contributed by atoms with Crippen LogP contribution in [0.2, 0.25) is 5.02 Å². The highest BCUT2D eigenvalue weighted by Crippen LogP contribution is 2.35. The number of hydrogen-bond acceptors (Lipinski definition) is 6. The molecular weight excluding hydrogens is 470 g/mol. The van der Waals surface area contributed by atoms with Crippen LogP contribution < -0.4 is 16.4 Å². The number of fused-ring (bicyclic) bond motifs is 3. The molecular formula is C25H30ClN5O4. The number of aromatic nitrogens is 2. The number of carbonyl (C=O) groups is 2. The maximum atomic E-state index is 12.9. The summed E-state index contributed by atoms with van der Waals surface area (Å²) in [4.78, 5) is 32.8. The van der Waals surface area contributed by atoms with Crippen LogP contribution in [-0.4, -0.2) is 61.3 Å². The second-order valence-electron chi connectivity index (χ2n) is 8.33. The molecule has 2 amide bonds. The number of aryl methyl sites for hydroxylation is 1. The predicted molar refractivity (Wildman–Crippen MR) is 134 cm³/mol. The molecule has 5 N–H and O–H groups in total. The first-order valence-electron chi connectivity index (χ1n) is 11.8. The summed E-state index contributed by atoms with van der Waals surface area (Å²) in [7, 11) is 0.